The number of hydrogen-bond acceptors (Lipinski definition) is 3. The summed E-state index contributed by atoms with van der Waals surface area (Å²) >= 11 is 0. The number of ether oxygens (including phenoxy) is 1. The number of rotatable bonds is 2. The van der Waals surface area contributed by atoms with Gasteiger partial charge in [0.2, 0.25) is 0 Å². The van der Waals surface area contributed by atoms with E-state index >= 15 is 0 Å². The van der Waals surface area contributed by atoms with Crippen LogP contribution < -0.4 is 0 Å². The molecule has 1 aromatic carbocycles. The number of alkyl halides is 3. The fraction of sp³-hybridized carbons (Fsp3) is 0.556. The molecule has 5 nitrogen and oxygen atoms in total. The smallest absolute Gasteiger partial charge is 0.417 e. The Labute approximate surface area is 149 Å². The minimum absolute atomic E-state index is 0.169. The Kier molecular flexibility index (Phi) is 5.53. The summed E-state index contributed by atoms with van der Waals surface area (Å²) in [6.07, 6.45) is -4.19. The normalized spacial score (nSPS) is 16.5. The van der Waals surface area contributed by atoms with Gasteiger partial charge in [0.05, 0.1) is 11.1 Å². The number of carbonyl (C=O) groups excluding carboxylic acids is 1. The number of carbonyl (C=O) groups is 2. The third-order valence-electron chi connectivity index (χ3n) is 4.20. The lowest BCUT2D eigenvalue weighted by Gasteiger charge is -2.33. The highest BCUT2D eigenvalue weighted by molar-refractivity contribution is 5.89. The van der Waals surface area contributed by atoms with Crippen LogP contribution in [0.2, 0.25) is 0 Å². The van der Waals surface area contributed by atoms with Crippen molar-refractivity contribution < 1.29 is 32.6 Å². The number of carboxylic acid groups (broad SMARTS) is 1. The number of halogens is 3. The predicted molar refractivity (Wildman–Crippen MR) is 88.2 cm³/mol. The number of aromatic carboxylic acids is 1. The van der Waals surface area contributed by atoms with E-state index < -0.39 is 35.0 Å². The highest BCUT2D eigenvalue weighted by Crippen LogP contribution is 2.36. The first kappa shape index (κ1) is 20.1. The first-order valence-corrected chi connectivity index (χ1v) is 8.31. The average molecular weight is 373 g/mol. The Morgan fingerprint density at radius 1 is 1.15 bits per heavy atom. The first-order chi connectivity index (χ1) is 11.9. The molecule has 144 valence electrons. The van der Waals surface area contributed by atoms with E-state index in [9.17, 15) is 22.8 Å². The Morgan fingerprint density at radius 3 is 2.19 bits per heavy atom. The van der Waals surface area contributed by atoms with Crippen LogP contribution in [0.5, 0.6) is 0 Å². The predicted octanol–water partition coefficient (Wildman–Crippen LogP) is 4.52. The summed E-state index contributed by atoms with van der Waals surface area (Å²) in [5.74, 6) is -1.78. The fourth-order valence-electron chi connectivity index (χ4n) is 2.96. The molecule has 0 atom stereocenters. The fourth-order valence-corrected chi connectivity index (χ4v) is 2.96. The van der Waals surface area contributed by atoms with E-state index in [0.717, 1.165) is 12.1 Å². The Bertz CT molecular complexity index is 687. The van der Waals surface area contributed by atoms with Gasteiger partial charge in [0.1, 0.15) is 5.60 Å². The van der Waals surface area contributed by atoms with Crippen molar-refractivity contribution in [2.45, 2.75) is 51.3 Å². The standard InChI is InChI=1S/C18H22F3NO4/c1-17(2,3)26-16(25)22-8-6-11(7-9-22)12-4-5-13(15(23)24)14(10-12)18(19,20)21/h4-5,10-11H,6-9H2,1-3H3,(H,23,24). The zero-order chi connectivity index (χ0) is 19.7. The lowest BCUT2D eigenvalue weighted by Crippen LogP contribution is -2.41. The number of benzene rings is 1. The van der Waals surface area contributed by atoms with E-state index in [1.54, 1.807) is 20.8 Å². The van der Waals surface area contributed by atoms with Crippen LogP contribution in [-0.4, -0.2) is 40.8 Å². The van der Waals surface area contributed by atoms with Gasteiger partial charge in [-0.3, -0.25) is 0 Å². The molecule has 0 radical (unpaired) electrons. The first-order valence-electron chi connectivity index (χ1n) is 8.31. The summed E-state index contributed by atoms with van der Waals surface area (Å²) in [5.41, 5.74) is -2.07. The molecule has 1 aliphatic heterocycles. The Hall–Kier alpha value is -2.25. The molecule has 1 heterocycles. The quantitative estimate of drug-likeness (QED) is 0.828. The van der Waals surface area contributed by atoms with Gasteiger partial charge >= 0.3 is 18.2 Å². The Balaban J connectivity index is 2.12. The molecule has 1 fully saturated rings. The molecule has 26 heavy (non-hydrogen) atoms. The van der Waals surface area contributed by atoms with Crippen LogP contribution in [0.1, 0.15) is 61.0 Å². The molecule has 0 aromatic heterocycles. The average Bonchev–Trinajstić information content (AvgIpc) is 2.52. The van der Waals surface area contributed by atoms with Crippen molar-refractivity contribution in [2.24, 2.45) is 0 Å². The number of likely N-dealkylation sites (tertiary alicyclic amines) is 1. The van der Waals surface area contributed by atoms with Gasteiger partial charge in [0.25, 0.3) is 0 Å². The molecule has 1 aliphatic rings. The third kappa shape index (κ3) is 4.89. The Morgan fingerprint density at radius 2 is 1.73 bits per heavy atom. The van der Waals surface area contributed by atoms with E-state index in [1.165, 1.54) is 11.0 Å². The van der Waals surface area contributed by atoms with Crippen LogP contribution in [0.15, 0.2) is 18.2 Å². The zero-order valence-corrected chi connectivity index (χ0v) is 14.9. The van der Waals surface area contributed by atoms with E-state index in [1.807, 2.05) is 0 Å². The summed E-state index contributed by atoms with van der Waals surface area (Å²) in [4.78, 5) is 24.6. The molecular weight excluding hydrogens is 351 g/mol. The minimum Gasteiger partial charge on any atom is -0.478 e. The van der Waals surface area contributed by atoms with Gasteiger partial charge in [-0.05, 0) is 57.2 Å². The maximum absolute atomic E-state index is 13.1. The number of amides is 1. The molecule has 1 N–H and O–H groups in total. The van der Waals surface area contributed by atoms with Crippen molar-refractivity contribution in [2.75, 3.05) is 13.1 Å². The van der Waals surface area contributed by atoms with Gasteiger partial charge in [-0.15, -0.1) is 0 Å². The number of piperidine rings is 1. The van der Waals surface area contributed by atoms with E-state index in [2.05, 4.69) is 0 Å². The highest BCUT2D eigenvalue weighted by atomic mass is 19.4. The van der Waals surface area contributed by atoms with Gasteiger partial charge in [-0.25, -0.2) is 9.59 Å². The summed E-state index contributed by atoms with van der Waals surface area (Å²) in [6.45, 7) is 6.05. The van der Waals surface area contributed by atoms with Crippen LogP contribution in [0, 0.1) is 0 Å². The van der Waals surface area contributed by atoms with Crippen LogP contribution in [0.25, 0.3) is 0 Å². The minimum atomic E-state index is -4.74. The molecule has 0 aliphatic carbocycles. The van der Waals surface area contributed by atoms with Gasteiger partial charge in [0, 0.05) is 13.1 Å². The zero-order valence-electron chi connectivity index (χ0n) is 14.9. The van der Waals surface area contributed by atoms with Crippen LogP contribution in [0.3, 0.4) is 0 Å². The third-order valence-corrected chi connectivity index (χ3v) is 4.20. The SMILES string of the molecule is CC(C)(C)OC(=O)N1CCC(c2ccc(C(=O)O)c(C(F)(F)F)c2)CC1. The summed E-state index contributed by atoms with van der Waals surface area (Å²) < 4.78 is 44.7. The molecule has 1 aromatic rings. The molecule has 0 saturated carbocycles. The highest BCUT2D eigenvalue weighted by Gasteiger charge is 2.36. The van der Waals surface area contributed by atoms with Crippen molar-refractivity contribution in [3.8, 4) is 0 Å². The molecule has 0 bridgehead atoms. The van der Waals surface area contributed by atoms with E-state index in [0.29, 0.717) is 31.5 Å². The number of hydrogen-bond donors (Lipinski definition) is 1. The lowest BCUT2D eigenvalue weighted by molar-refractivity contribution is -0.138. The maximum atomic E-state index is 13.1. The summed E-state index contributed by atoms with van der Waals surface area (Å²) in [7, 11) is 0. The van der Waals surface area contributed by atoms with Crippen molar-refractivity contribution in [3.63, 3.8) is 0 Å². The number of carboxylic acids is 1. The summed E-state index contributed by atoms with van der Waals surface area (Å²) in [5, 5.41) is 8.96. The van der Waals surface area contributed by atoms with Crippen molar-refractivity contribution in [3.05, 3.63) is 34.9 Å². The monoisotopic (exact) mass is 373 g/mol. The van der Waals surface area contributed by atoms with E-state index in [-0.39, 0.29) is 5.92 Å². The molecular formula is C18H22F3NO4. The van der Waals surface area contributed by atoms with Crippen LogP contribution >= 0.6 is 0 Å². The second-order valence-electron chi connectivity index (χ2n) is 7.35. The van der Waals surface area contributed by atoms with Gasteiger partial charge < -0.3 is 14.7 Å². The molecule has 2 rings (SSSR count). The second-order valence-corrected chi connectivity index (χ2v) is 7.35. The second kappa shape index (κ2) is 7.17. The summed E-state index contributed by atoms with van der Waals surface area (Å²) in [6, 6.07) is 3.34. The maximum Gasteiger partial charge on any atom is 0.417 e. The van der Waals surface area contributed by atoms with Crippen LogP contribution in [0.4, 0.5) is 18.0 Å². The van der Waals surface area contributed by atoms with Crippen molar-refractivity contribution >= 4 is 12.1 Å². The van der Waals surface area contributed by atoms with Gasteiger partial charge in [-0.1, -0.05) is 6.07 Å². The van der Waals surface area contributed by atoms with E-state index in [4.69, 9.17) is 9.84 Å². The molecule has 0 spiro atoms. The van der Waals surface area contributed by atoms with Crippen molar-refractivity contribution in [1.82, 2.24) is 4.90 Å². The lowest BCUT2D eigenvalue weighted by atomic mass is 9.87. The molecule has 0 unspecified atom stereocenters. The van der Waals surface area contributed by atoms with Crippen molar-refractivity contribution in [1.29, 1.82) is 0 Å². The van der Waals surface area contributed by atoms with Gasteiger partial charge in [0.15, 0.2) is 0 Å². The van der Waals surface area contributed by atoms with Gasteiger partial charge in [-0.2, -0.15) is 13.2 Å². The molecule has 1 amide bonds. The molecule has 8 heteroatoms. The van der Waals surface area contributed by atoms with Crippen LogP contribution in [-0.2, 0) is 10.9 Å². The number of nitrogens with zero attached hydrogens (tertiary/aromatic N) is 1. The molecule has 1 saturated heterocycles. The largest absolute Gasteiger partial charge is 0.478 e. The topological polar surface area (TPSA) is 66.8 Å².